The lowest BCUT2D eigenvalue weighted by Gasteiger charge is -2.11. The van der Waals surface area contributed by atoms with E-state index >= 15 is 0 Å². The summed E-state index contributed by atoms with van der Waals surface area (Å²) in [5, 5.41) is 5.36. The number of nitrogens with one attached hydrogen (secondary N) is 2. The Morgan fingerprint density at radius 2 is 1.59 bits per heavy atom. The zero-order valence-corrected chi connectivity index (χ0v) is 14.9. The number of methoxy groups -OCH3 is 1. The number of amides is 1. The van der Waals surface area contributed by atoms with Crippen LogP contribution >= 0.6 is 0 Å². The lowest BCUT2D eigenvalue weighted by molar-refractivity contribution is -0.145. The summed E-state index contributed by atoms with van der Waals surface area (Å²) in [6, 6.07) is 12.5. The second-order valence-electron chi connectivity index (χ2n) is 5.78. The van der Waals surface area contributed by atoms with Gasteiger partial charge in [0.25, 0.3) is 5.91 Å². The van der Waals surface area contributed by atoms with Crippen LogP contribution in [-0.2, 0) is 6.18 Å². The number of hydrogen-bond donors (Lipinski definition) is 2. The van der Waals surface area contributed by atoms with E-state index in [2.05, 4.69) is 20.6 Å². The number of benzene rings is 2. The van der Waals surface area contributed by atoms with Crippen molar-refractivity contribution in [1.29, 1.82) is 0 Å². The van der Waals surface area contributed by atoms with Crippen LogP contribution < -0.4 is 15.4 Å². The molecule has 3 rings (SSSR count). The predicted octanol–water partition coefficient (Wildman–Crippen LogP) is 4.64. The fraction of sp³-hybridized carbons (Fsp3) is 0.105. The SMILES string of the molecule is COc1cc(Nc2ccc(NC(=O)c3ccc(F)cc3)cc2)nc(C(F)(F)F)n1. The fourth-order valence-electron chi connectivity index (χ4n) is 2.31. The predicted molar refractivity (Wildman–Crippen MR) is 97.7 cm³/mol. The minimum atomic E-state index is -4.72. The molecule has 0 aliphatic rings. The zero-order valence-electron chi connectivity index (χ0n) is 14.9. The highest BCUT2D eigenvalue weighted by Crippen LogP contribution is 2.29. The molecule has 0 bridgehead atoms. The molecule has 2 N–H and O–H groups in total. The molecule has 2 aromatic carbocycles. The van der Waals surface area contributed by atoms with Crippen LogP contribution in [0.4, 0.5) is 34.8 Å². The van der Waals surface area contributed by atoms with E-state index in [4.69, 9.17) is 4.74 Å². The van der Waals surface area contributed by atoms with E-state index in [0.717, 1.165) is 0 Å². The Labute approximate surface area is 162 Å². The maximum Gasteiger partial charge on any atom is 0.451 e. The Bertz CT molecular complexity index is 1010. The third kappa shape index (κ3) is 5.18. The molecule has 0 atom stereocenters. The maximum absolute atomic E-state index is 12.9. The van der Waals surface area contributed by atoms with Crippen molar-refractivity contribution >= 4 is 23.1 Å². The molecular formula is C19H14F4N4O2. The maximum atomic E-state index is 12.9. The smallest absolute Gasteiger partial charge is 0.451 e. The fourth-order valence-corrected chi connectivity index (χ4v) is 2.31. The molecule has 0 fully saturated rings. The van der Waals surface area contributed by atoms with Crippen molar-refractivity contribution in [3.63, 3.8) is 0 Å². The number of anilines is 3. The molecule has 150 valence electrons. The first-order valence-electron chi connectivity index (χ1n) is 8.19. The molecule has 1 heterocycles. The third-order valence-corrected chi connectivity index (χ3v) is 3.69. The molecule has 0 saturated carbocycles. The number of alkyl halides is 3. The van der Waals surface area contributed by atoms with E-state index in [1.807, 2.05) is 0 Å². The van der Waals surface area contributed by atoms with Gasteiger partial charge in [0.2, 0.25) is 11.7 Å². The van der Waals surface area contributed by atoms with E-state index in [1.54, 1.807) is 24.3 Å². The minimum Gasteiger partial charge on any atom is -0.481 e. The van der Waals surface area contributed by atoms with Crippen molar-refractivity contribution in [1.82, 2.24) is 9.97 Å². The number of aromatic nitrogens is 2. The molecule has 29 heavy (non-hydrogen) atoms. The van der Waals surface area contributed by atoms with E-state index in [-0.39, 0.29) is 17.3 Å². The zero-order chi connectivity index (χ0) is 21.0. The highest BCUT2D eigenvalue weighted by Gasteiger charge is 2.35. The average molecular weight is 406 g/mol. The van der Waals surface area contributed by atoms with Crippen molar-refractivity contribution in [2.24, 2.45) is 0 Å². The van der Waals surface area contributed by atoms with Crippen LogP contribution in [0.5, 0.6) is 5.88 Å². The Balaban J connectivity index is 1.72. The number of carbonyl (C=O) groups is 1. The molecule has 0 aliphatic carbocycles. The summed E-state index contributed by atoms with van der Waals surface area (Å²) in [6.45, 7) is 0. The lowest BCUT2D eigenvalue weighted by atomic mass is 10.2. The van der Waals surface area contributed by atoms with Crippen LogP contribution in [-0.4, -0.2) is 23.0 Å². The second-order valence-corrected chi connectivity index (χ2v) is 5.78. The van der Waals surface area contributed by atoms with Gasteiger partial charge in [0, 0.05) is 23.0 Å². The highest BCUT2D eigenvalue weighted by molar-refractivity contribution is 6.04. The van der Waals surface area contributed by atoms with E-state index in [0.29, 0.717) is 11.4 Å². The number of halogens is 4. The van der Waals surface area contributed by atoms with Gasteiger partial charge in [0.1, 0.15) is 11.6 Å². The van der Waals surface area contributed by atoms with E-state index in [1.165, 1.54) is 37.4 Å². The quantitative estimate of drug-likeness (QED) is 0.604. The molecular weight excluding hydrogens is 392 g/mol. The van der Waals surface area contributed by atoms with E-state index in [9.17, 15) is 22.4 Å². The summed E-state index contributed by atoms with van der Waals surface area (Å²) < 4.78 is 56.4. The first-order valence-corrected chi connectivity index (χ1v) is 8.19. The summed E-state index contributed by atoms with van der Waals surface area (Å²) in [4.78, 5) is 18.8. The second kappa shape index (κ2) is 8.13. The molecule has 0 saturated heterocycles. The Kier molecular flexibility index (Phi) is 5.62. The first-order chi connectivity index (χ1) is 13.7. The summed E-state index contributed by atoms with van der Waals surface area (Å²) in [6.07, 6.45) is -4.72. The third-order valence-electron chi connectivity index (χ3n) is 3.69. The monoisotopic (exact) mass is 406 g/mol. The topological polar surface area (TPSA) is 76.1 Å². The highest BCUT2D eigenvalue weighted by atomic mass is 19.4. The number of ether oxygens (including phenoxy) is 1. The number of rotatable bonds is 5. The molecule has 0 unspecified atom stereocenters. The van der Waals surface area contributed by atoms with E-state index < -0.39 is 23.7 Å². The van der Waals surface area contributed by atoms with Crippen LogP contribution in [0, 0.1) is 5.82 Å². The van der Waals surface area contributed by atoms with Gasteiger partial charge in [-0.25, -0.2) is 9.37 Å². The number of hydrogen-bond acceptors (Lipinski definition) is 5. The summed E-state index contributed by atoms with van der Waals surface area (Å²) in [5.74, 6) is -2.55. The molecule has 0 radical (unpaired) electrons. The van der Waals surface area contributed by atoms with Crippen LogP contribution in [0.25, 0.3) is 0 Å². The number of nitrogens with zero attached hydrogens (tertiary/aromatic N) is 2. The average Bonchev–Trinajstić information content (AvgIpc) is 2.69. The summed E-state index contributed by atoms with van der Waals surface area (Å²) in [5.41, 5.74) is 1.15. The molecule has 0 aliphatic heterocycles. The summed E-state index contributed by atoms with van der Waals surface area (Å²) >= 11 is 0. The molecule has 10 heteroatoms. The van der Waals surface area contributed by atoms with Gasteiger partial charge >= 0.3 is 6.18 Å². The van der Waals surface area contributed by atoms with Crippen LogP contribution in [0.1, 0.15) is 16.2 Å². The molecule has 1 aromatic heterocycles. The first kappa shape index (κ1) is 20.1. The van der Waals surface area contributed by atoms with Gasteiger partial charge < -0.3 is 15.4 Å². The van der Waals surface area contributed by atoms with Crippen molar-refractivity contribution in [3.05, 3.63) is 71.8 Å². The molecule has 3 aromatic rings. The normalized spacial score (nSPS) is 11.1. The van der Waals surface area contributed by atoms with Gasteiger partial charge in [-0.3, -0.25) is 4.79 Å². The lowest BCUT2D eigenvalue weighted by Crippen LogP contribution is -2.13. The Morgan fingerprint density at radius 1 is 0.966 bits per heavy atom. The Hall–Kier alpha value is -3.69. The van der Waals surface area contributed by atoms with Crippen molar-refractivity contribution in [3.8, 4) is 5.88 Å². The Morgan fingerprint density at radius 3 is 2.17 bits per heavy atom. The largest absolute Gasteiger partial charge is 0.481 e. The summed E-state index contributed by atoms with van der Waals surface area (Å²) in [7, 11) is 1.20. The van der Waals surface area contributed by atoms with Gasteiger partial charge in [0.15, 0.2) is 0 Å². The van der Waals surface area contributed by atoms with Crippen molar-refractivity contribution in [2.75, 3.05) is 17.7 Å². The van der Waals surface area contributed by atoms with Gasteiger partial charge in [-0.15, -0.1) is 0 Å². The van der Waals surface area contributed by atoms with Crippen LogP contribution in [0.2, 0.25) is 0 Å². The van der Waals surface area contributed by atoms with Crippen molar-refractivity contribution < 1.29 is 27.1 Å². The van der Waals surface area contributed by atoms with Crippen molar-refractivity contribution in [2.45, 2.75) is 6.18 Å². The molecule has 0 spiro atoms. The minimum absolute atomic E-state index is 0.104. The van der Waals surface area contributed by atoms with Gasteiger partial charge in [-0.05, 0) is 48.5 Å². The number of carbonyl (C=O) groups excluding carboxylic acids is 1. The molecule has 1 amide bonds. The van der Waals surface area contributed by atoms with Crippen LogP contribution in [0.15, 0.2) is 54.6 Å². The molecule has 6 nitrogen and oxygen atoms in total. The van der Waals surface area contributed by atoms with Gasteiger partial charge in [0.05, 0.1) is 7.11 Å². The van der Waals surface area contributed by atoms with Gasteiger partial charge in [-0.2, -0.15) is 18.2 Å². The van der Waals surface area contributed by atoms with Crippen LogP contribution in [0.3, 0.4) is 0 Å². The van der Waals surface area contributed by atoms with Gasteiger partial charge in [-0.1, -0.05) is 0 Å². The standard InChI is InChI=1S/C19H14F4N4O2/c1-29-16-10-15(26-18(27-16)19(21,22)23)24-13-6-8-14(9-7-13)25-17(28)11-2-4-12(20)5-3-11/h2-10H,1H3,(H,25,28)(H,24,26,27).